The van der Waals surface area contributed by atoms with Gasteiger partial charge in [-0.25, -0.2) is 0 Å². The molecule has 0 N–H and O–H groups in total. The van der Waals surface area contributed by atoms with Crippen molar-refractivity contribution in [1.29, 1.82) is 0 Å². The lowest BCUT2D eigenvalue weighted by Gasteiger charge is -2.06. The van der Waals surface area contributed by atoms with Crippen LogP contribution in [-0.2, 0) is 0 Å². The van der Waals surface area contributed by atoms with Crippen molar-refractivity contribution in [2.24, 2.45) is 0 Å². The van der Waals surface area contributed by atoms with Gasteiger partial charge in [0.1, 0.15) is 0 Å². The van der Waals surface area contributed by atoms with Crippen molar-refractivity contribution in [3.8, 4) is 0 Å². The standard InChI is InChI=1S/C14H17NO3/c1-2-3-4-8-11-13(15(17)18)14(16)12-9-6-5-7-10-12/h4-10,13H,2-3,11H2,1H3/b8-4+. The summed E-state index contributed by atoms with van der Waals surface area (Å²) in [5, 5.41) is 10.9. The summed E-state index contributed by atoms with van der Waals surface area (Å²) in [6.45, 7) is 2.03. The molecule has 1 rings (SSSR count). The van der Waals surface area contributed by atoms with Gasteiger partial charge in [0, 0.05) is 16.9 Å². The Hall–Kier alpha value is -1.97. The van der Waals surface area contributed by atoms with Crippen molar-refractivity contribution in [1.82, 2.24) is 0 Å². The third-order valence-corrected chi connectivity index (χ3v) is 2.60. The Balaban J connectivity index is 2.73. The van der Waals surface area contributed by atoms with E-state index in [2.05, 4.69) is 0 Å². The second kappa shape index (κ2) is 7.37. The van der Waals surface area contributed by atoms with Gasteiger partial charge >= 0.3 is 0 Å². The van der Waals surface area contributed by atoms with E-state index in [1.54, 1.807) is 36.4 Å². The van der Waals surface area contributed by atoms with E-state index in [0.29, 0.717) is 5.56 Å². The average molecular weight is 247 g/mol. The van der Waals surface area contributed by atoms with E-state index < -0.39 is 16.7 Å². The minimum Gasteiger partial charge on any atom is -0.286 e. The smallest absolute Gasteiger partial charge is 0.278 e. The van der Waals surface area contributed by atoms with Gasteiger partial charge < -0.3 is 0 Å². The largest absolute Gasteiger partial charge is 0.286 e. The molecule has 4 nitrogen and oxygen atoms in total. The number of carbonyl (C=O) groups excluding carboxylic acids is 1. The Morgan fingerprint density at radius 1 is 1.33 bits per heavy atom. The van der Waals surface area contributed by atoms with Gasteiger partial charge in [0.05, 0.1) is 0 Å². The van der Waals surface area contributed by atoms with Crippen LogP contribution >= 0.6 is 0 Å². The molecule has 0 saturated heterocycles. The molecule has 0 saturated carbocycles. The molecule has 0 amide bonds. The Morgan fingerprint density at radius 2 is 2.00 bits per heavy atom. The number of rotatable bonds is 7. The van der Waals surface area contributed by atoms with Crippen LogP contribution in [0.2, 0.25) is 0 Å². The highest BCUT2D eigenvalue weighted by Crippen LogP contribution is 2.10. The third kappa shape index (κ3) is 4.13. The molecular formula is C14H17NO3. The summed E-state index contributed by atoms with van der Waals surface area (Å²) in [4.78, 5) is 22.4. The lowest BCUT2D eigenvalue weighted by Crippen LogP contribution is -2.29. The van der Waals surface area contributed by atoms with Crippen LogP contribution in [0, 0.1) is 10.1 Å². The maximum atomic E-state index is 12.0. The number of hydrogen-bond donors (Lipinski definition) is 0. The van der Waals surface area contributed by atoms with Crippen LogP contribution in [0.3, 0.4) is 0 Å². The van der Waals surface area contributed by atoms with Gasteiger partial charge in [0.25, 0.3) is 6.04 Å². The van der Waals surface area contributed by atoms with E-state index in [9.17, 15) is 14.9 Å². The first-order valence-electron chi connectivity index (χ1n) is 6.04. The van der Waals surface area contributed by atoms with Crippen molar-refractivity contribution in [3.63, 3.8) is 0 Å². The van der Waals surface area contributed by atoms with Crippen molar-refractivity contribution in [2.75, 3.05) is 0 Å². The Morgan fingerprint density at radius 3 is 2.56 bits per heavy atom. The number of carbonyl (C=O) groups is 1. The molecule has 0 spiro atoms. The van der Waals surface area contributed by atoms with E-state index in [-0.39, 0.29) is 6.42 Å². The van der Waals surface area contributed by atoms with Gasteiger partial charge in [0.2, 0.25) is 5.78 Å². The molecule has 0 aliphatic rings. The molecule has 0 fully saturated rings. The lowest BCUT2D eigenvalue weighted by molar-refractivity contribution is -0.504. The quantitative estimate of drug-likeness (QED) is 0.321. The second-order valence-corrected chi connectivity index (χ2v) is 4.03. The first-order valence-corrected chi connectivity index (χ1v) is 6.04. The van der Waals surface area contributed by atoms with Gasteiger partial charge in [0.15, 0.2) is 0 Å². The first-order chi connectivity index (χ1) is 8.66. The predicted octanol–water partition coefficient (Wildman–Crippen LogP) is 3.26. The maximum absolute atomic E-state index is 12.0. The Labute approximate surface area is 106 Å². The fourth-order valence-corrected chi connectivity index (χ4v) is 1.59. The van der Waals surface area contributed by atoms with Crippen molar-refractivity contribution in [2.45, 2.75) is 32.2 Å². The predicted molar refractivity (Wildman–Crippen MR) is 70.2 cm³/mol. The molecule has 0 radical (unpaired) electrons. The zero-order chi connectivity index (χ0) is 13.4. The van der Waals surface area contributed by atoms with E-state index in [1.165, 1.54) is 0 Å². The number of allylic oxidation sites excluding steroid dienone is 1. The van der Waals surface area contributed by atoms with Crippen molar-refractivity contribution in [3.05, 3.63) is 58.2 Å². The Bertz CT molecular complexity index is 426. The monoisotopic (exact) mass is 247 g/mol. The van der Waals surface area contributed by atoms with Gasteiger partial charge in [-0.3, -0.25) is 14.9 Å². The molecule has 0 aliphatic heterocycles. The van der Waals surface area contributed by atoms with Crippen LogP contribution in [0.4, 0.5) is 0 Å². The summed E-state index contributed by atoms with van der Waals surface area (Å²) in [5.74, 6) is -0.429. The van der Waals surface area contributed by atoms with Crippen LogP contribution in [0.5, 0.6) is 0 Å². The summed E-state index contributed by atoms with van der Waals surface area (Å²) >= 11 is 0. The molecular weight excluding hydrogens is 230 g/mol. The summed E-state index contributed by atoms with van der Waals surface area (Å²) < 4.78 is 0. The lowest BCUT2D eigenvalue weighted by atomic mass is 10.0. The number of hydrogen-bond acceptors (Lipinski definition) is 3. The minimum atomic E-state index is -1.18. The highest BCUT2D eigenvalue weighted by atomic mass is 16.6. The van der Waals surface area contributed by atoms with Gasteiger partial charge in [-0.1, -0.05) is 55.8 Å². The maximum Gasteiger partial charge on any atom is 0.278 e. The summed E-state index contributed by atoms with van der Waals surface area (Å²) in [6.07, 6.45) is 5.63. The number of ketones is 1. The molecule has 1 atom stereocenters. The summed E-state index contributed by atoms with van der Waals surface area (Å²) in [7, 11) is 0. The fourth-order valence-electron chi connectivity index (χ4n) is 1.59. The molecule has 96 valence electrons. The molecule has 1 unspecified atom stereocenters. The average Bonchev–Trinajstić information content (AvgIpc) is 2.39. The van der Waals surface area contributed by atoms with E-state index in [4.69, 9.17) is 0 Å². The van der Waals surface area contributed by atoms with Crippen LogP contribution in [0.25, 0.3) is 0 Å². The van der Waals surface area contributed by atoms with Crippen LogP contribution < -0.4 is 0 Å². The van der Waals surface area contributed by atoms with Crippen molar-refractivity contribution < 1.29 is 9.72 Å². The summed E-state index contributed by atoms with van der Waals surface area (Å²) in [6, 6.07) is 7.22. The fraction of sp³-hybridized carbons (Fsp3) is 0.357. The SMILES string of the molecule is CCC/C=C/CC(C(=O)c1ccccc1)[N+](=O)[O-]. The van der Waals surface area contributed by atoms with Crippen LogP contribution in [0.1, 0.15) is 36.5 Å². The van der Waals surface area contributed by atoms with E-state index >= 15 is 0 Å². The van der Waals surface area contributed by atoms with Gasteiger partial charge in [-0.05, 0) is 6.42 Å². The highest BCUT2D eigenvalue weighted by molar-refractivity contribution is 5.99. The molecule has 0 aromatic heterocycles. The third-order valence-electron chi connectivity index (χ3n) is 2.60. The molecule has 18 heavy (non-hydrogen) atoms. The number of benzene rings is 1. The normalized spacial score (nSPS) is 12.5. The van der Waals surface area contributed by atoms with Crippen LogP contribution in [-0.4, -0.2) is 16.7 Å². The number of Topliss-reactive ketones (excluding diaryl/α,β-unsaturated/α-hetero) is 1. The molecule has 4 heteroatoms. The molecule has 0 heterocycles. The number of nitrogens with zero attached hydrogens (tertiary/aromatic N) is 1. The summed E-state index contributed by atoms with van der Waals surface area (Å²) in [5.41, 5.74) is 0.392. The van der Waals surface area contributed by atoms with E-state index in [1.807, 2.05) is 13.0 Å². The van der Waals surface area contributed by atoms with Crippen LogP contribution in [0.15, 0.2) is 42.5 Å². The molecule has 0 bridgehead atoms. The minimum absolute atomic E-state index is 0.153. The number of unbranched alkanes of at least 4 members (excludes halogenated alkanes) is 1. The second-order valence-electron chi connectivity index (χ2n) is 4.03. The molecule has 1 aromatic rings. The van der Waals surface area contributed by atoms with E-state index in [0.717, 1.165) is 12.8 Å². The first kappa shape index (κ1) is 14.1. The Kier molecular flexibility index (Phi) is 5.77. The van der Waals surface area contributed by atoms with Gasteiger partial charge in [-0.15, -0.1) is 0 Å². The molecule has 0 aliphatic carbocycles. The van der Waals surface area contributed by atoms with Crippen molar-refractivity contribution >= 4 is 5.78 Å². The zero-order valence-electron chi connectivity index (χ0n) is 10.4. The van der Waals surface area contributed by atoms with Gasteiger partial charge in [-0.2, -0.15) is 0 Å². The highest BCUT2D eigenvalue weighted by Gasteiger charge is 2.28. The number of nitro groups is 1. The topological polar surface area (TPSA) is 60.2 Å². The zero-order valence-corrected chi connectivity index (χ0v) is 10.4. The molecule has 1 aromatic carbocycles.